The number of thioether (sulfide) groups is 1. The number of rotatable bonds is 7. The van der Waals surface area contributed by atoms with E-state index in [-0.39, 0.29) is 11.9 Å². The van der Waals surface area contributed by atoms with Gasteiger partial charge in [0.25, 0.3) is 0 Å². The number of nitrogens with one attached hydrogen (secondary N) is 1. The fourth-order valence-corrected chi connectivity index (χ4v) is 4.26. The van der Waals surface area contributed by atoms with Crippen molar-refractivity contribution in [1.82, 2.24) is 5.32 Å². The van der Waals surface area contributed by atoms with E-state index in [2.05, 4.69) is 42.6 Å². The second-order valence-corrected chi connectivity index (χ2v) is 7.73. The molecule has 2 nitrogen and oxygen atoms in total. The van der Waals surface area contributed by atoms with E-state index in [0.717, 1.165) is 12.2 Å². The third-order valence-electron chi connectivity index (χ3n) is 4.86. The van der Waals surface area contributed by atoms with Gasteiger partial charge in [-0.25, -0.2) is 0 Å². The van der Waals surface area contributed by atoms with Gasteiger partial charge in [0.05, 0.1) is 11.8 Å². The van der Waals surface area contributed by atoms with Crippen molar-refractivity contribution < 1.29 is 4.79 Å². The number of amides is 1. The zero-order valence-electron chi connectivity index (χ0n) is 15.0. The molecule has 0 radical (unpaired) electrons. The summed E-state index contributed by atoms with van der Waals surface area (Å²) in [5, 5.41) is 3.22. The monoisotopic (exact) mass is 353 g/mol. The Bertz CT molecular complexity index is 698. The van der Waals surface area contributed by atoms with Crippen LogP contribution < -0.4 is 5.32 Å². The van der Waals surface area contributed by atoms with Crippen LogP contribution in [0.15, 0.2) is 48.5 Å². The van der Waals surface area contributed by atoms with E-state index >= 15 is 0 Å². The number of carbonyl (C=O) groups is 1. The lowest BCUT2D eigenvalue weighted by molar-refractivity contribution is -0.119. The molecule has 0 heterocycles. The van der Waals surface area contributed by atoms with Crippen molar-refractivity contribution in [2.45, 2.75) is 50.8 Å². The van der Waals surface area contributed by atoms with Crippen molar-refractivity contribution in [3.05, 3.63) is 70.8 Å². The van der Waals surface area contributed by atoms with E-state index in [9.17, 15) is 4.79 Å². The summed E-state index contributed by atoms with van der Waals surface area (Å²) >= 11 is 1.67. The topological polar surface area (TPSA) is 29.1 Å². The molecule has 2 aromatic rings. The molecule has 2 aromatic carbocycles. The number of carbonyl (C=O) groups excluding carboxylic acids is 1. The molecule has 1 aliphatic rings. The fourth-order valence-electron chi connectivity index (χ4n) is 3.46. The highest BCUT2D eigenvalue weighted by Crippen LogP contribution is 2.26. The molecule has 3 rings (SSSR count). The van der Waals surface area contributed by atoms with Gasteiger partial charge in [0, 0.05) is 5.75 Å². The predicted molar refractivity (Wildman–Crippen MR) is 107 cm³/mol. The molecular weight excluding hydrogens is 326 g/mol. The Labute approximate surface area is 155 Å². The number of benzene rings is 2. The number of hydrogen-bond acceptors (Lipinski definition) is 2. The molecule has 25 heavy (non-hydrogen) atoms. The van der Waals surface area contributed by atoms with Crippen LogP contribution in [0, 0.1) is 0 Å². The molecular formula is C22H27NOS. The molecule has 1 aliphatic carbocycles. The Kier molecular flexibility index (Phi) is 6.57. The molecule has 0 aliphatic heterocycles. The minimum atomic E-state index is 0.122. The highest BCUT2D eigenvalue weighted by molar-refractivity contribution is 7.99. The second-order valence-electron chi connectivity index (χ2n) is 6.74. The minimum Gasteiger partial charge on any atom is -0.349 e. The maximum atomic E-state index is 12.3. The summed E-state index contributed by atoms with van der Waals surface area (Å²) in [5.74, 6) is 1.52. The third kappa shape index (κ3) is 5.12. The van der Waals surface area contributed by atoms with Crippen molar-refractivity contribution in [2.75, 3.05) is 5.75 Å². The maximum Gasteiger partial charge on any atom is 0.230 e. The van der Waals surface area contributed by atoms with Gasteiger partial charge in [-0.2, -0.15) is 0 Å². The van der Waals surface area contributed by atoms with E-state index in [1.54, 1.807) is 11.8 Å². The second kappa shape index (κ2) is 9.10. The highest BCUT2D eigenvalue weighted by atomic mass is 32.2. The Morgan fingerprint density at radius 2 is 1.84 bits per heavy atom. The Morgan fingerprint density at radius 1 is 1.08 bits per heavy atom. The smallest absolute Gasteiger partial charge is 0.230 e. The van der Waals surface area contributed by atoms with Crippen molar-refractivity contribution in [2.24, 2.45) is 0 Å². The molecule has 3 heteroatoms. The first kappa shape index (κ1) is 18.1. The van der Waals surface area contributed by atoms with Crippen LogP contribution >= 0.6 is 11.8 Å². The van der Waals surface area contributed by atoms with Gasteiger partial charge >= 0.3 is 0 Å². The van der Waals surface area contributed by atoms with E-state index in [1.165, 1.54) is 47.9 Å². The lowest BCUT2D eigenvalue weighted by Gasteiger charge is -2.21. The quantitative estimate of drug-likeness (QED) is 0.753. The lowest BCUT2D eigenvalue weighted by Crippen LogP contribution is -2.29. The van der Waals surface area contributed by atoms with Gasteiger partial charge in [-0.1, -0.05) is 55.5 Å². The number of hydrogen-bond donors (Lipinski definition) is 1. The maximum absolute atomic E-state index is 12.3. The molecule has 0 aromatic heterocycles. The van der Waals surface area contributed by atoms with Crippen LogP contribution in [-0.4, -0.2) is 11.7 Å². The van der Waals surface area contributed by atoms with Gasteiger partial charge in [-0.3, -0.25) is 4.79 Å². The first-order valence-corrected chi connectivity index (χ1v) is 10.4. The molecule has 0 bridgehead atoms. The number of fused-ring (bicyclic) bond motifs is 1. The van der Waals surface area contributed by atoms with Crippen LogP contribution in [-0.2, 0) is 23.4 Å². The van der Waals surface area contributed by atoms with E-state index in [0.29, 0.717) is 5.75 Å². The third-order valence-corrected chi connectivity index (χ3v) is 5.87. The van der Waals surface area contributed by atoms with Crippen LogP contribution in [0.3, 0.4) is 0 Å². The number of aryl methyl sites for hydroxylation is 2. The van der Waals surface area contributed by atoms with Crippen molar-refractivity contribution in [3.8, 4) is 0 Å². The van der Waals surface area contributed by atoms with Gasteiger partial charge in [0.2, 0.25) is 5.91 Å². The summed E-state index contributed by atoms with van der Waals surface area (Å²) in [6, 6.07) is 17.2. The lowest BCUT2D eigenvalue weighted by atomic mass is 9.89. The summed E-state index contributed by atoms with van der Waals surface area (Å²) in [5.41, 5.74) is 5.50. The molecule has 1 amide bonds. The molecule has 0 unspecified atom stereocenters. The van der Waals surface area contributed by atoms with Crippen LogP contribution in [0.25, 0.3) is 0 Å². The van der Waals surface area contributed by atoms with Gasteiger partial charge in [0.15, 0.2) is 0 Å². The average Bonchev–Trinajstić information content (AvgIpc) is 2.66. The molecule has 0 fully saturated rings. The molecule has 132 valence electrons. The van der Waals surface area contributed by atoms with E-state index in [1.807, 2.05) is 18.2 Å². The first-order valence-electron chi connectivity index (χ1n) is 9.29. The molecule has 0 spiro atoms. The Balaban J connectivity index is 1.53. The fraction of sp³-hybridized carbons (Fsp3) is 0.409. The van der Waals surface area contributed by atoms with E-state index in [4.69, 9.17) is 0 Å². The largest absolute Gasteiger partial charge is 0.349 e. The Morgan fingerprint density at radius 3 is 2.60 bits per heavy atom. The van der Waals surface area contributed by atoms with Crippen LogP contribution in [0.4, 0.5) is 0 Å². The van der Waals surface area contributed by atoms with Crippen molar-refractivity contribution in [3.63, 3.8) is 0 Å². The standard InChI is InChI=1S/C22H27NOS/c1-2-21(20-13-12-18-10-6-7-11-19(18)14-20)23-22(24)16-25-15-17-8-4-3-5-9-17/h3-5,8-9,12-14,21H,2,6-7,10-11,15-16H2,1H3,(H,23,24)/t21-/m1/s1. The molecule has 1 N–H and O–H groups in total. The zero-order chi connectivity index (χ0) is 17.5. The minimum absolute atomic E-state index is 0.122. The summed E-state index contributed by atoms with van der Waals surface area (Å²) < 4.78 is 0. The predicted octanol–water partition coefficient (Wildman–Crippen LogP) is 5.07. The summed E-state index contributed by atoms with van der Waals surface area (Å²) in [7, 11) is 0. The van der Waals surface area contributed by atoms with Crippen molar-refractivity contribution >= 4 is 17.7 Å². The van der Waals surface area contributed by atoms with Crippen LogP contribution in [0.2, 0.25) is 0 Å². The normalized spacial score (nSPS) is 14.6. The Hall–Kier alpha value is -1.74. The zero-order valence-corrected chi connectivity index (χ0v) is 15.8. The van der Waals surface area contributed by atoms with Gasteiger partial charge in [-0.15, -0.1) is 11.8 Å². The summed E-state index contributed by atoms with van der Waals surface area (Å²) in [6.07, 6.45) is 5.90. The van der Waals surface area contributed by atoms with Crippen LogP contribution in [0.5, 0.6) is 0 Å². The van der Waals surface area contributed by atoms with Gasteiger partial charge < -0.3 is 5.32 Å². The van der Waals surface area contributed by atoms with Crippen molar-refractivity contribution in [1.29, 1.82) is 0 Å². The molecule has 0 saturated carbocycles. The molecule has 1 atom stereocenters. The SMILES string of the molecule is CC[C@@H](NC(=O)CSCc1ccccc1)c1ccc2c(c1)CCCC2. The van der Waals surface area contributed by atoms with Gasteiger partial charge in [0.1, 0.15) is 0 Å². The van der Waals surface area contributed by atoms with Crippen LogP contribution in [0.1, 0.15) is 54.5 Å². The summed E-state index contributed by atoms with van der Waals surface area (Å²) in [4.78, 5) is 12.3. The summed E-state index contributed by atoms with van der Waals surface area (Å²) in [6.45, 7) is 2.14. The average molecular weight is 354 g/mol. The van der Waals surface area contributed by atoms with Gasteiger partial charge in [-0.05, 0) is 54.4 Å². The highest BCUT2D eigenvalue weighted by Gasteiger charge is 2.16. The van der Waals surface area contributed by atoms with E-state index < -0.39 is 0 Å². The molecule has 0 saturated heterocycles. The first-order chi connectivity index (χ1) is 12.3.